The average molecular weight is 262 g/mol. The van der Waals surface area contributed by atoms with E-state index in [4.69, 9.17) is 5.73 Å². The summed E-state index contributed by atoms with van der Waals surface area (Å²) >= 11 is 1.37. The largest absolute Gasteiger partial charge is 0.397 e. The number of nitrogens with two attached hydrogens (primary N) is 1. The van der Waals surface area contributed by atoms with Gasteiger partial charge in [-0.1, -0.05) is 18.2 Å². The number of nitrogens with zero attached hydrogens (tertiary/aromatic N) is 3. The zero-order chi connectivity index (χ0) is 13.4. The molecule has 0 atom stereocenters. The lowest BCUT2D eigenvalue weighted by molar-refractivity contribution is 1.01. The highest BCUT2D eigenvalue weighted by Gasteiger charge is 1.97. The zero-order valence-electron chi connectivity index (χ0n) is 10.8. The van der Waals surface area contributed by atoms with Crippen LogP contribution in [0.3, 0.4) is 0 Å². The van der Waals surface area contributed by atoms with E-state index < -0.39 is 0 Å². The normalized spacial score (nSPS) is 13.2. The minimum absolute atomic E-state index is 0.524. The molecule has 4 nitrogen and oxygen atoms in total. The van der Waals surface area contributed by atoms with Crippen molar-refractivity contribution < 1.29 is 0 Å². The Hall–Kier alpha value is -1.75. The van der Waals surface area contributed by atoms with Gasteiger partial charge in [0.15, 0.2) is 0 Å². The summed E-state index contributed by atoms with van der Waals surface area (Å²) in [5.74, 6) is 0.789. The Morgan fingerprint density at radius 1 is 1.56 bits per heavy atom. The molecule has 18 heavy (non-hydrogen) atoms. The van der Waals surface area contributed by atoms with Crippen molar-refractivity contribution in [3.8, 4) is 0 Å². The lowest BCUT2D eigenvalue weighted by atomic mass is 10.2. The Balaban J connectivity index is 2.54. The monoisotopic (exact) mass is 262 g/mol. The van der Waals surface area contributed by atoms with Gasteiger partial charge in [0.2, 0.25) is 0 Å². The first kappa shape index (κ1) is 14.3. The summed E-state index contributed by atoms with van der Waals surface area (Å²) in [6.07, 6.45) is 8.33. The second-order valence-electron chi connectivity index (χ2n) is 3.77. The van der Waals surface area contributed by atoms with E-state index in [-0.39, 0.29) is 0 Å². The van der Waals surface area contributed by atoms with Gasteiger partial charge in [-0.15, -0.1) is 6.58 Å². The van der Waals surface area contributed by atoms with Crippen molar-refractivity contribution >= 4 is 17.7 Å². The molecule has 0 spiro atoms. The van der Waals surface area contributed by atoms with Crippen LogP contribution in [0.1, 0.15) is 24.2 Å². The molecule has 1 heterocycles. The SMILES string of the molecule is C=CC/C=C/C(C)=C(\N)C=NCc1nc(C)ns1. The maximum absolute atomic E-state index is 5.89. The van der Waals surface area contributed by atoms with Gasteiger partial charge in [-0.25, -0.2) is 4.98 Å². The summed E-state index contributed by atoms with van der Waals surface area (Å²) in [5.41, 5.74) is 7.55. The fraction of sp³-hybridized carbons (Fsp3) is 0.308. The standard InChI is InChI=1S/C13H18N4S/c1-4-5-6-7-10(2)12(14)8-15-9-13-16-11(3)17-18-13/h4,6-8H,1,5,9,14H2,2-3H3/b7-6+,12-10-,15-8?. The van der Waals surface area contributed by atoms with Crippen molar-refractivity contribution in [2.45, 2.75) is 26.8 Å². The third kappa shape index (κ3) is 5.05. The van der Waals surface area contributed by atoms with Gasteiger partial charge in [-0.3, -0.25) is 4.99 Å². The van der Waals surface area contributed by atoms with Gasteiger partial charge in [-0.2, -0.15) is 4.37 Å². The van der Waals surface area contributed by atoms with Gasteiger partial charge in [-0.05, 0) is 37.4 Å². The fourth-order valence-electron chi connectivity index (χ4n) is 1.17. The lowest BCUT2D eigenvalue weighted by Gasteiger charge is -1.96. The topological polar surface area (TPSA) is 64.2 Å². The molecule has 0 saturated heterocycles. The van der Waals surface area contributed by atoms with Crippen molar-refractivity contribution in [1.29, 1.82) is 0 Å². The number of rotatable bonds is 6. The van der Waals surface area contributed by atoms with E-state index in [1.54, 1.807) is 6.21 Å². The van der Waals surface area contributed by atoms with Crippen LogP contribution in [0.15, 0.2) is 41.1 Å². The van der Waals surface area contributed by atoms with Gasteiger partial charge in [0, 0.05) is 6.21 Å². The number of aryl methyl sites for hydroxylation is 1. The molecule has 0 fully saturated rings. The smallest absolute Gasteiger partial charge is 0.139 e. The van der Waals surface area contributed by atoms with Gasteiger partial charge in [0.25, 0.3) is 0 Å². The first-order valence-corrected chi connectivity index (χ1v) is 6.43. The Bertz CT molecular complexity index is 483. The van der Waals surface area contributed by atoms with Crippen LogP contribution < -0.4 is 5.73 Å². The molecule has 0 aromatic carbocycles. The molecule has 0 aliphatic carbocycles. The molecular formula is C13H18N4S. The van der Waals surface area contributed by atoms with E-state index in [2.05, 4.69) is 20.9 Å². The van der Waals surface area contributed by atoms with Gasteiger partial charge in [0.1, 0.15) is 10.8 Å². The Morgan fingerprint density at radius 2 is 2.33 bits per heavy atom. The average Bonchev–Trinajstić information content (AvgIpc) is 2.75. The number of aromatic nitrogens is 2. The second kappa shape index (κ2) is 7.55. The highest BCUT2D eigenvalue weighted by Crippen LogP contribution is 2.05. The van der Waals surface area contributed by atoms with Crippen LogP contribution in [0, 0.1) is 6.92 Å². The van der Waals surface area contributed by atoms with Gasteiger partial charge in [0.05, 0.1) is 12.2 Å². The van der Waals surface area contributed by atoms with Crippen LogP contribution in [-0.2, 0) is 6.54 Å². The van der Waals surface area contributed by atoms with Gasteiger partial charge < -0.3 is 5.73 Å². The summed E-state index contributed by atoms with van der Waals surface area (Å²) in [4.78, 5) is 8.47. The molecule has 1 aromatic heterocycles. The maximum Gasteiger partial charge on any atom is 0.139 e. The zero-order valence-corrected chi connectivity index (χ0v) is 11.6. The summed E-state index contributed by atoms with van der Waals surface area (Å²) < 4.78 is 4.09. The van der Waals surface area contributed by atoms with Crippen molar-refractivity contribution in [2.75, 3.05) is 0 Å². The maximum atomic E-state index is 5.89. The van der Waals surface area contributed by atoms with Crippen LogP contribution in [0.4, 0.5) is 0 Å². The summed E-state index contributed by atoms with van der Waals surface area (Å²) in [6.45, 7) is 8.00. The van der Waals surface area contributed by atoms with E-state index >= 15 is 0 Å². The number of hydrogen-bond donors (Lipinski definition) is 1. The molecule has 0 saturated carbocycles. The molecule has 0 bridgehead atoms. The highest BCUT2D eigenvalue weighted by atomic mass is 32.1. The van der Waals surface area contributed by atoms with E-state index in [9.17, 15) is 0 Å². The molecule has 2 N–H and O–H groups in total. The third-order valence-electron chi connectivity index (χ3n) is 2.15. The predicted octanol–water partition coefficient (Wildman–Crippen LogP) is 2.78. The minimum atomic E-state index is 0.524. The van der Waals surface area contributed by atoms with E-state index in [0.29, 0.717) is 12.2 Å². The molecule has 1 rings (SSSR count). The second-order valence-corrected chi connectivity index (χ2v) is 4.61. The van der Waals surface area contributed by atoms with Crippen LogP contribution in [0.25, 0.3) is 0 Å². The van der Waals surface area contributed by atoms with Crippen LogP contribution in [-0.4, -0.2) is 15.6 Å². The van der Waals surface area contributed by atoms with Crippen molar-refractivity contribution in [3.05, 3.63) is 46.9 Å². The molecule has 0 unspecified atom stereocenters. The summed E-state index contributed by atoms with van der Waals surface area (Å²) in [6, 6.07) is 0. The van der Waals surface area contributed by atoms with E-state index in [1.807, 2.05) is 32.1 Å². The molecule has 0 aliphatic heterocycles. The van der Waals surface area contributed by atoms with Gasteiger partial charge >= 0.3 is 0 Å². The Kier molecular flexibility index (Phi) is 6.00. The number of hydrogen-bond acceptors (Lipinski definition) is 5. The number of aliphatic imine (C=N–C) groups is 1. The number of allylic oxidation sites excluding steroid dienone is 5. The molecule has 0 aliphatic rings. The van der Waals surface area contributed by atoms with Crippen LogP contribution in [0.2, 0.25) is 0 Å². The van der Waals surface area contributed by atoms with Crippen molar-refractivity contribution in [3.63, 3.8) is 0 Å². The van der Waals surface area contributed by atoms with Crippen LogP contribution >= 0.6 is 11.5 Å². The molecule has 1 aromatic rings. The summed E-state index contributed by atoms with van der Waals surface area (Å²) in [5, 5.41) is 0.899. The molecular weight excluding hydrogens is 244 g/mol. The van der Waals surface area contributed by atoms with E-state index in [1.165, 1.54) is 11.5 Å². The lowest BCUT2D eigenvalue weighted by Crippen LogP contribution is -2.01. The highest BCUT2D eigenvalue weighted by molar-refractivity contribution is 7.05. The minimum Gasteiger partial charge on any atom is -0.397 e. The Labute approximate surface area is 112 Å². The molecule has 5 heteroatoms. The third-order valence-corrected chi connectivity index (χ3v) is 2.94. The quantitative estimate of drug-likeness (QED) is 0.487. The van der Waals surface area contributed by atoms with Crippen molar-refractivity contribution in [1.82, 2.24) is 9.36 Å². The van der Waals surface area contributed by atoms with Crippen LogP contribution in [0.5, 0.6) is 0 Å². The fourth-order valence-corrected chi connectivity index (χ4v) is 1.75. The summed E-state index contributed by atoms with van der Waals surface area (Å²) in [7, 11) is 0. The molecule has 0 amide bonds. The predicted molar refractivity (Wildman–Crippen MR) is 77.7 cm³/mol. The molecule has 0 radical (unpaired) electrons. The molecule has 96 valence electrons. The van der Waals surface area contributed by atoms with Crippen molar-refractivity contribution in [2.24, 2.45) is 10.7 Å². The first-order chi connectivity index (χ1) is 8.63. The van der Waals surface area contributed by atoms with E-state index in [0.717, 1.165) is 22.8 Å². The first-order valence-electron chi connectivity index (χ1n) is 5.66. The Morgan fingerprint density at radius 3 is 2.94 bits per heavy atom.